The van der Waals surface area contributed by atoms with Crippen LogP contribution in [0.1, 0.15) is 17.4 Å². The van der Waals surface area contributed by atoms with Gasteiger partial charge in [-0.2, -0.15) is 4.98 Å². The number of pyridine rings is 1. The first kappa shape index (κ1) is 17.4. The molecule has 29 heavy (non-hydrogen) atoms. The maximum Gasteiger partial charge on any atom is 0.317 e. The number of nitrogens with one attached hydrogen (secondary N) is 1. The van der Waals surface area contributed by atoms with Crippen LogP contribution in [0.3, 0.4) is 0 Å². The first-order valence-electron chi connectivity index (χ1n) is 9.51. The number of aromatic nitrogens is 3. The maximum atomic E-state index is 12.5. The lowest BCUT2D eigenvalue weighted by molar-refractivity contribution is 0.136. The van der Waals surface area contributed by atoms with Gasteiger partial charge in [0, 0.05) is 37.6 Å². The minimum absolute atomic E-state index is 0.0707. The Labute approximate surface area is 167 Å². The molecule has 0 radical (unpaired) electrons. The molecular weight excluding hydrogens is 366 g/mol. The predicted octanol–water partition coefficient (Wildman–Crippen LogP) is 3.59. The van der Waals surface area contributed by atoms with Gasteiger partial charge in [-0.05, 0) is 28.5 Å². The van der Waals surface area contributed by atoms with Crippen molar-refractivity contribution in [3.63, 3.8) is 0 Å². The third-order valence-corrected chi connectivity index (χ3v) is 5.21. The van der Waals surface area contributed by atoms with Gasteiger partial charge >= 0.3 is 6.03 Å². The fraction of sp³-hybridized carbons (Fsp3) is 0.182. The zero-order valence-electron chi connectivity index (χ0n) is 15.7. The SMILES string of the molecule is O=C(NCc1cccc2ccccc12)N1CC(c2nc(-c3ccncc3)no2)C1. The monoisotopic (exact) mass is 385 g/mol. The Morgan fingerprint density at radius 2 is 1.86 bits per heavy atom. The van der Waals surface area contributed by atoms with E-state index in [1.54, 1.807) is 17.3 Å². The first-order valence-corrected chi connectivity index (χ1v) is 9.51. The van der Waals surface area contributed by atoms with E-state index >= 15 is 0 Å². The molecule has 0 bridgehead atoms. The lowest BCUT2D eigenvalue weighted by Gasteiger charge is -2.36. The quantitative estimate of drug-likeness (QED) is 0.580. The molecule has 0 unspecified atom stereocenters. The van der Waals surface area contributed by atoms with Gasteiger partial charge < -0.3 is 14.7 Å². The van der Waals surface area contributed by atoms with E-state index in [0.717, 1.165) is 16.5 Å². The Balaban J connectivity index is 1.18. The second kappa shape index (κ2) is 7.35. The summed E-state index contributed by atoms with van der Waals surface area (Å²) in [5.41, 5.74) is 1.96. The van der Waals surface area contributed by atoms with Gasteiger partial charge in [0.1, 0.15) is 0 Å². The van der Waals surface area contributed by atoms with Crippen LogP contribution in [0.25, 0.3) is 22.2 Å². The third kappa shape index (κ3) is 3.42. The Bertz CT molecular complexity index is 1150. The van der Waals surface area contributed by atoms with Crippen LogP contribution in [0, 0.1) is 0 Å². The largest absolute Gasteiger partial charge is 0.339 e. The van der Waals surface area contributed by atoms with Gasteiger partial charge in [-0.1, -0.05) is 47.6 Å². The number of rotatable bonds is 4. The zero-order valence-corrected chi connectivity index (χ0v) is 15.7. The van der Waals surface area contributed by atoms with E-state index in [1.807, 2.05) is 36.4 Å². The van der Waals surface area contributed by atoms with E-state index in [9.17, 15) is 4.79 Å². The van der Waals surface area contributed by atoms with Gasteiger partial charge in [-0.25, -0.2) is 4.79 Å². The molecule has 1 aliphatic heterocycles. The van der Waals surface area contributed by atoms with E-state index in [4.69, 9.17) is 4.52 Å². The van der Waals surface area contributed by atoms with Crippen molar-refractivity contribution < 1.29 is 9.32 Å². The molecule has 7 heteroatoms. The van der Waals surface area contributed by atoms with E-state index in [-0.39, 0.29) is 11.9 Å². The minimum atomic E-state index is -0.0805. The Hall–Kier alpha value is -3.74. The van der Waals surface area contributed by atoms with Crippen LogP contribution in [0.5, 0.6) is 0 Å². The van der Waals surface area contributed by atoms with Crippen molar-refractivity contribution in [2.45, 2.75) is 12.5 Å². The van der Waals surface area contributed by atoms with Crippen LogP contribution < -0.4 is 5.32 Å². The molecule has 0 atom stereocenters. The minimum Gasteiger partial charge on any atom is -0.339 e. The summed E-state index contributed by atoms with van der Waals surface area (Å²) in [6.07, 6.45) is 3.38. The number of hydrogen-bond donors (Lipinski definition) is 1. The topological polar surface area (TPSA) is 84.2 Å². The first-order chi connectivity index (χ1) is 14.3. The number of amides is 2. The summed E-state index contributed by atoms with van der Waals surface area (Å²) in [5.74, 6) is 1.18. The van der Waals surface area contributed by atoms with Gasteiger partial charge in [-0.15, -0.1) is 0 Å². The predicted molar refractivity (Wildman–Crippen MR) is 108 cm³/mol. The molecule has 0 aliphatic carbocycles. The highest BCUT2D eigenvalue weighted by atomic mass is 16.5. The van der Waals surface area contributed by atoms with Gasteiger partial charge in [0.25, 0.3) is 0 Å². The fourth-order valence-electron chi connectivity index (χ4n) is 3.55. The normalized spacial score (nSPS) is 14.0. The molecule has 5 rings (SSSR count). The van der Waals surface area contributed by atoms with E-state index in [2.05, 4.69) is 38.6 Å². The third-order valence-electron chi connectivity index (χ3n) is 5.21. The molecule has 0 spiro atoms. The molecule has 0 saturated carbocycles. The number of nitrogens with zero attached hydrogens (tertiary/aromatic N) is 4. The lowest BCUT2D eigenvalue weighted by atomic mass is 10.0. The molecule has 144 valence electrons. The summed E-state index contributed by atoms with van der Waals surface area (Å²) < 4.78 is 5.39. The Kier molecular flexibility index (Phi) is 4.40. The second-order valence-corrected chi connectivity index (χ2v) is 7.09. The van der Waals surface area contributed by atoms with Crippen LogP contribution in [0.4, 0.5) is 4.79 Å². The molecule has 1 saturated heterocycles. The van der Waals surface area contributed by atoms with Gasteiger partial charge in [-0.3, -0.25) is 4.98 Å². The lowest BCUT2D eigenvalue weighted by Crippen LogP contribution is -2.52. The molecule has 2 aromatic carbocycles. The van der Waals surface area contributed by atoms with Gasteiger partial charge in [0.05, 0.1) is 5.92 Å². The summed E-state index contributed by atoms with van der Waals surface area (Å²) in [7, 11) is 0. The van der Waals surface area contributed by atoms with Crippen molar-refractivity contribution in [2.24, 2.45) is 0 Å². The van der Waals surface area contributed by atoms with E-state index < -0.39 is 0 Å². The Morgan fingerprint density at radius 3 is 2.72 bits per heavy atom. The highest BCUT2D eigenvalue weighted by Gasteiger charge is 2.35. The maximum absolute atomic E-state index is 12.5. The standard InChI is InChI=1S/C22H19N5O2/c28-22(24-12-17-6-3-5-15-4-1-2-7-19(15)17)27-13-18(14-27)21-25-20(26-29-21)16-8-10-23-11-9-16/h1-11,18H,12-14H2,(H,24,28). The van der Waals surface area contributed by atoms with Crippen molar-refractivity contribution in [3.8, 4) is 11.4 Å². The molecule has 4 aromatic rings. The molecule has 2 aromatic heterocycles. The molecule has 1 fully saturated rings. The average Bonchev–Trinajstić information content (AvgIpc) is 3.21. The number of benzene rings is 2. The number of fused-ring (bicyclic) bond motifs is 1. The van der Waals surface area contributed by atoms with E-state index in [1.165, 1.54) is 5.39 Å². The van der Waals surface area contributed by atoms with Crippen LogP contribution >= 0.6 is 0 Å². The van der Waals surface area contributed by atoms with Gasteiger partial charge in [0.15, 0.2) is 0 Å². The van der Waals surface area contributed by atoms with Gasteiger partial charge in [0.2, 0.25) is 11.7 Å². The summed E-state index contributed by atoms with van der Waals surface area (Å²) in [4.78, 5) is 22.7. The number of carbonyl (C=O) groups excluding carboxylic acids is 1. The van der Waals surface area contributed by atoms with E-state index in [0.29, 0.717) is 31.3 Å². The number of carbonyl (C=O) groups is 1. The van der Waals surface area contributed by atoms with Crippen LogP contribution in [-0.4, -0.2) is 39.1 Å². The molecule has 1 aliphatic rings. The molecule has 2 amide bonds. The van der Waals surface area contributed by atoms with Crippen molar-refractivity contribution in [2.75, 3.05) is 13.1 Å². The van der Waals surface area contributed by atoms with Crippen LogP contribution in [0.2, 0.25) is 0 Å². The van der Waals surface area contributed by atoms with Crippen LogP contribution in [0.15, 0.2) is 71.5 Å². The molecule has 1 N–H and O–H groups in total. The van der Waals surface area contributed by atoms with Crippen molar-refractivity contribution in [1.82, 2.24) is 25.3 Å². The zero-order chi connectivity index (χ0) is 19.6. The summed E-state index contributed by atoms with van der Waals surface area (Å²) in [5, 5.41) is 9.37. The number of urea groups is 1. The number of likely N-dealkylation sites (tertiary alicyclic amines) is 1. The summed E-state index contributed by atoms with van der Waals surface area (Å²) >= 11 is 0. The smallest absolute Gasteiger partial charge is 0.317 e. The van der Waals surface area contributed by atoms with Crippen molar-refractivity contribution >= 4 is 16.8 Å². The van der Waals surface area contributed by atoms with Crippen LogP contribution in [-0.2, 0) is 6.54 Å². The summed E-state index contributed by atoms with van der Waals surface area (Å²) in [6, 6.07) is 17.9. The molecule has 3 heterocycles. The average molecular weight is 385 g/mol. The van der Waals surface area contributed by atoms with Crippen molar-refractivity contribution in [1.29, 1.82) is 0 Å². The van der Waals surface area contributed by atoms with Crippen molar-refractivity contribution in [3.05, 3.63) is 78.4 Å². The Morgan fingerprint density at radius 1 is 1.07 bits per heavy atom. The highest BCUT2D eigenvalue weighted by Crippen LogP contribution is 2.27. The molecule has 7 nitrogen and oxygen atoms in total. The highest BCUT2D eigenvalue weighted by molar-refractivity contribution is 5.86. The molecular formula is C22H19N5O2. The summed E-state index contributed by atoms with van der Waals surface area (Å²) in [6.45, 7) is 1.63. The fourth-order valence-corrected chi connectivity index (χ4v) is 3.55. The second-order valence-electron chi connectivity index (χ2n) is 7.09. The number of hydrogen-bond acceptors (Lipinski definition) is 5.